The molecule has 0 spiro atoms. The Morgan fingerprint density at radius 2 is 1.86 bits per heavy atom. The quantitative estimate of drug-likeness (QED) is 0.799. The Morgan fingerprint density at radius 1 is 1.14 bits per heavy atom. The van der Waals surface area contributed by atoms with Gasteiger partial charge < -0.3 is 20.4 Å². The molecular formula is C22H32N6. The van der Waals surface area contributed by atoms with Crippen molar-refractivity contribution in [3.8, 4) is 0 Å². The van der Waals surface area contributed by atoms with Gasteiger partial charge in [0.05, 0.1) is 0 Å². The Balaban J connectivity index is 1.50. The molecule has 3 heterocycles. The lowest BCUT2D eigenvalue weighted by Gasteiger charge is -2.32. The van der Waals surface area contributed by atoms with Gasteiger partial charge in [0, 0.05) is 61.4 Å². The summed E-state index contributed by atoms with van der Waals surface area (Å²) in [5, 5.41) is 6.79. The number of hydrogen-bond donors (Lipinski definition) is 2. The normalized spacial score (nSPS) is 19.2. The first-order chi connectivity index (χ1) is 13.7. The fourth-order valence-corrected chi connectivity index (χ4v) is 4.47. The molecule has 1 aromatic carbocycles. The Bertz CT molecular complexity index is 780. The van der Waals surface area contributed by atoms with E-state index in [2.05, 4.69) is 70.5 Å². The molecule has 0 radical (unpaired) electrons. The zero-order valence-corrected chi connectivity index (χ0v) is 17.3. The molecule has 1 fully saturated rings. The lowest BCUT2D eigenvalue weighted by molar-refractivity contribution is 0.514. The van der Waals surface area contributed by atoms with E-state index in [1.807, 2.05) is 6.20 Å². The van der Waals surface area contributed by atoms with Crippen LogP contribution in [0.2, 0.25) is 0 Å². The number of hydrogen-bond acceptors (Lipinski definition) is 6. The summed E-state index contributed by atoms with van der Waals surface area (Å²) in [5.41, 5.74) is 3.56. The van der Waals surface area contributed by atoms with Gasteiger partial charge >= 0.3 is 0 Å². The lowest BCUT2D eigenvalue weighted by atomic mass is 10.1. The molecule has 0 bridgehead atoms. The smallest absolute Gasteiger partial charge is 0.229 e. The average molecular weight is 381 g/mol. The Labute approximate surface area is 168 Å². The van der Waals surface area contributed by atoms with Gasteiger partial charge in [0.15, 0.2) is 0 Å². The van der Waals surface area contributed by atoms with Crippen LogP contribution in [0, 0.1) is 0 Å². The van der Waals surface area contributed by atoms with Crippen molar-refractivity contribution in [2.45, 2.75) is 52.1 Å². The monoisotopic (exact) mass is 380 g/mol. The summed E-state index contributed by atoms with van der Waals surface area (Å²) in [6, 6.07) is 9.63. The molecular weight excluding hydrogens is 348 g/mol. The van der Waals surface area contributed by atoms with Crippen LogP contribution in [-0.4, -0.2) is 48.2 Å². The van der Waals surface area contributed by atoms with Gasteiger partial charge in [-0.25, -0.2) is 4.98 Å². The molecule has 2 aliphatic rings. The highest BCUT2D eigenvalue weighted by atomic mass is 15.3. The first-order valence-electron chi connectivity index (χ1n) is 10.7. The molecule has 2 N–H and O–H groups in total. The van der Waals surface area contributed by atoms with E-state index in [0.717, 1.165) is 56.9 Å². The molecule has 1 atom stereocenters. The third-order valence-electron chi connectivity index (χ3n) is 6.02. The van der Waals surface area contributed by atoms with Gasteiger partial charge in [-0.05, 0) is 50.5 Å². The van der Waals surface area contributed by atoms with Crippen molar-refractivity contribution in [2.75, 3.05) is 41.3 Å². The van der Waals surface area contributed by atoms with Crippen molar-refractivity contribution in [1.29, 1.82) is 0 Å². The minimum atomic E-state index is 0.489. The van der Waals surface area contributed by atoms with Crippen molar-refractivity contribution in [1.82, 2.24) is 15.3 Å². The summed E-state index contributed by atoms with van der Waals surface area (Å²) in [6.07, 6.45) is 5.31. The molecule has 6 heteroatoms. The van der Waals surface area contributed by atoms with Gasteiger partial charge in [-0.15, -0.1) is 0 Å². The third-order valence-corrected chi connectivity index (χ3v) is 6.02. The van der Waals surface area contributed by atoms with Crippen LogP contribution in [0.3, 0.4) is 0 Å². The van der Waals surface area contributed by atoms with Crippen LogP contribution in [0.25, 0.3) is 0 Å². The second kappa shape index (κ2) is 8.35. The fourth-order valence-electron chi connectivity index (χ4n) is 4.47. The van der Waals surface area contributed by atoms with Crippen molar-refractivity contribution in [3.05, 3.63) is 36.0 Å². The van der Waals surface area contributed by atoms with E-state index < -0.39 is 0 Å². The molecule has 4 rings (SSSR count). The maximum atomic E-state index is 4.89. The number of aromatic nitrogens is 2. The molecule has 150 valence electrons. The summed E-state index contributed by atoms with van der Waals surface area (Å²) < 4.78 is 0. The fraction of sp³-hybridized carbons (Fsp3) is 0.545. The van der Waals surface area contributed by atoms with E-state index in [0.29, 0.717) is 18.0 Å². The van der Waals surface area contributed by atoms with E-state index in [4.69, 9.17) is 4.98 Å². The van der Waals surface area contributed by atoms with Gasteiger partial charge in [0.2, 0.25) is 5.95 Å². The predicted molar refractivity (Wildman–Crippen MR) is 117 cm³/mol. The average Bonchev–Trinajstić information content (AvgIpc) is 3.06. The van der Waals surface area contributed by atoms with Crippen LogP contribution in [-0.2, 0) is 6.42 Å². The summed E-state index contributed by atoms with van der Waals surface area (Å²) >= 11 is 0. The van der Waals surface area contributed by atoms with E-state index in [-0.39, 0.29) is 0 Å². The molecule has 0 aliphatic carbocycles. The standard InChI is InChI=1S/C22H32N6/c1-4-19(5-2)28-16(3)14-17-15-24-22(26-21(17)28)25-18-6-8-20(9-7-18)27-12-10-23-11-13-27/h6-9,15-16,19,23H,4-5,10-14H2,1-3H3,(H,24,25,26). The zero-order chi connectivity index (χ0) is 19.5. The number of piperazine rings is 1. The Hall–Kier alpha value is -2.34. The van der Waals surface area contributed by atoms with Crippen molar-refractivity contribution < 1.29 is 0 Å². The molecule has 1 aromatic heterocycles. The summed E-state index contributed by atoms with van der Waals surface area (Å²) in [5.74, 6) is 1.79. The van der Waals surface area contributed by atoms with Crippen LogP contribution in [0.15, 0.2) is 30.5 Å². The minimum absolute atomic E-state index is 0.489. The Morgan fingerprint density at radius 3 is 2.54 bits per heavy atom. The van der Waals surface area contributed by atoms with Gasteiger partial charge in [0.25, 0.3) is 0 Å². The van der Waals surface area contributed by atoms with Crippen LogP contribution >= 0.6 is 0 Å². The largest absolute Gasteiger partial charge is 0.369 e. The first kappa shape index (κ1) is 19.0. The van der Waals surface area contributed by atoms with Crippen LogP contribution in [0.1, 0.15) is 39.2 Å². The van der Waals surface area contributed by atoms with Crippen molar-refractivity contribution in [2.24, 2.45) is 0 Å². The molecule has 1 unspecified atom stereocenters. The molecule has 6 nitrogen and oxygen atoms in total. The molecule has 2 aliphatic heterocycles. The summed E-state index contributed by atoms with van der Waals surface area (Å²) in [7, 11) is 0. The highest BCUT2D eigenvalue weighted by molar-refractivity contribution is 5.62. The first-order valence-corrected chi connectivity index (χ1v) is 10.7. The molecule has 2 aromatic rings. The molecule has 28 heavy (non-hydrogen) atoms. The number of fused-ring (bicyclic) bond motifs is 1. The van der Waals surface area contributed by atoms with Gasteiger partial charge in [-0.3, -0.25) is 0 Å². The maximum absolute atomic E-state index is 4.89. The maximum Gasteiger partial charge on any atom is 0.229 e. The van der Waals surface area contributed by atoms with Crippen LogP contribution in [0.4, 0.5) is 23.1 Å². The number of nitrogens with one attached hydrogen (secondary N) is 2. The van der Waals surface area contributed by atoms with Crippen molar-refractivity contribution in [3.63, 3.8) is 0 Å². The van der Waals surface area contributed by atoms with Crippen LogP contribution in [0.5, 0.6) is 0 Å². The molecule has 0 saturated carbocycles. The van der Waals surface area contributed by atoms with Gasteiger partial charge in [-0.1, -0.05) is 13.8 Å². The number of rotatable bonds is 6. The van der Waals surface area contributed by atoms with Gasteiger partial charge in [0.1, 0.15) is 5.82 Å². The van der Waals surface area contributed by atoms with E-state index in [1.54, 1.807) is 0 Å². The number of anilines is 4. The zero-order valence-electron chi connectivity index (χ0n) is 17.3. The second-order valence-electron chi connectivity index (χ2n) is 7.88. The summed E-state index contributed by atoms with van der Waals surface area (Å²) in [6.45, 7) is 11.0. The highest BCUT2D eigenvalue weighted by Gasteiger charge is 2.32. The topological polar surface area (TPSA) is 56.3 Å². The second-order valence-corrected chi connectivity index (χ2v) is 7.88. The third kappa shape index (κ3) is 3.78. The number of benzene rings is 1. The SMILES string of the molecule is CCC(CC)N1c2nc(Nc3ccc(N4CCNCC4)cc3)ncc2CC1C. The number of nitrogens with zero attached hydrogens (tertiary/aromatic N) is 4. The van der Waals surface area contributed by atoms with Crippen LogP contribution < -0.4 is 20.4 Å². The lowest BCUT2D eigenvalue weighted by Crippen LogP contribution is -2.43. The van der Waals surface area contributed by atoms with E-state index in [1.165, 1.54) is 11.3 Å². The minimum Gasteiger partial charge on any atom is -0.369 e. The molecule has 1 saturated heterocycles. The predicted octanol–water partition coefficient (Wildman–Crippen LogP) is 3.57. The highest BCUT2D eigenvalue weighted by Crippen LogP contribution is 2.34. The van der Waals surface area contributed by atoms with Gasteiger partial charge in [-0.2, -0.15) is 4.98 Å². The molecule has 0 amide bonds. The van der Waals surface area contributed by atoms with Crippen molar-refractivity contribution >= 4 is 23.1 Å². The van der Waals surface area contributed by atoms with E-state index in [9.17, 15) is 0 Å². The van der Waals surface area contributed by atoms with E-state index >= 15 is 0 Å². The Kier molecular flexibility index (Phi) is 5.67. The summed E-state index contributed by atoms with van der Waals surface area (Å²) in [4.78, 5) is 14.4.